The van der Waals surface area contributed by atoms with Crippen LogP contribution >= 0.6 is 0 Å². The first-order chi connectivity index (χ1) is 22.5. The van der Waals surface area contributed by atoms with Crippen LogP contribution in [0.3, 0.4) is 0 Å². The molecule has 0 bridgehead atoms. The fraction of sp³-hybridized carbons (Fsp3) is 0.725. The van der Waals surface area contributed by atoms with E-state index >= 15 is 0 Å². The summed E-state index contributed by atoms with van der Waals surface area (Å²) in [5.41, 5.74) is 0. The largest absolute Gasteiger partial charge is 0.481 e. The van der Waals surface area contributed by atoms with Gasteiger partial charge in [-0.1, -0.05) is 127 Å². The SMILES string of the molecule is CC/C=C\C/C=C\C/C=C\CCCCCCCC(=O)O[C@@H](C/C=C\CCCCCCCCOC(=O)CCC(=O)O)CCCCCC. The third kappa shape index (κ3) is 34.2. The molecule has 0 aromatic heterocycles. The standard InChI is InChI=1S/C40H68O6/c1-3-5-7-9-10-11-12-13-14-15-16-19-22-25-29-33-40(44)46-37(31-27-8-6-4-2)32-28-24-21-18-17-20-23-26-30-36-45-39(43)35-34-38(41)42/h5,7,10-11,13-14,24,28,37H,3-4,6,8-9,12,15-23,25-27,29-36H2,1-2H3,(H,41,42)/b7-5-,11-10-,14-13-,28-24-/t37-/m1/s1. The van der Waals surface area contributed by atoms with Gasteiger partial charge in [-0.25, -0.2) is 0 Å². The third-order valence-corrected chi connectivity index (χ3v) is 7.85. The first kappa shape index (κ1) is 43.4. The second-order valence-corrected chi connectivity index (χ2v) is 12.3. The smallest absolute Gasteiger partial charge is 0.306 e. The zero-order chi connectivity index (χ0) is 33.8. The number of carboxylic acids is 1. The lowest BCUT2D eigenvalue weighted by atomic mass is 10.1. The average Bonchev–Trinajstić information content (AvgIpc) is 3.04. The molecular weight excluding hydrogens is 576 g/mol. The number of aliphatic carboxylic acids is 1. The van der Waals surface area contributed by atoms with E-state index in [0.29, 0.717) is 13.0 Å². The molecule has 0 heterocycles. The monoisotopic (exact) mass is 645 g/mol. The van der Waals surface area contributed by atoms with Crippen molar-refractivity contribution in [1.82, 2.24) is 0 Å². The van der Waals surface area contributed by atoms with Crippen molar-refractivity contribution in [3.63, 3.8) is 0 Å². The number of carbonyl (C=O) groups is 3. The highest BCUT2D eigenvalue weighted by molar-refractivity contribution is 5.76. The molecule has 0 unspecified atom stereocenters. The molecule has 0 aliphatic rings. The van der Waals surface area contributed by atoms with Crippen molar-refractivity contribution in [2.24, 2.45) is 0 Å². The molecule has 0 saturated heterocycles. The molecule has 1 N–H and O–H groups in total. The predicted octanol–water partition coefficient (Wildman–Crippen LogP) is 11.5. The van der Waals surface area contributed by atoms with Crippen LogP contribution in [0.5, 0.6) is 0 Å². The van der Waals surface area contributed by atoms with Gasteiger partial charge in [-0.05, 0) is 70.6 Å². The van der Waals surface area contributed by atoms with E-state index in [-0.39, 0.29) is 24.9 Å². The van der Waals surface area contributed by atoms with E-state index in [2.05, 4.69) is 62.5 Å². The summed E-state index contributed by atoms with van der Waals surface area (Å²) < 4.78 is 11.0. The summed E-state index contributed by atoms with van der Waals surface area (Å²) in [5, 5.41) is 8.58. The minimum Gasteiger partial charge on any atom is -0.481 e. The molecule has 0 amide bonds. The average molecular weight is 645 g/mol. The maximum absolute atomic E-state index is 12.6. The molecule has 0 fully saturated rings. The fourth-order valence-electron chi connectivity index (χ4n) is 5.06. The molecular formula is C40H68O6. The van der Waals surface area contributed by atoms with Crippen LogP contribution in [-0.2, 0) is 23.9 Å². The Balaban J connectivity index is 3.96. The van der Waals surface area contributed by atoms with Gasteiger partial charge in [0.15, 0.2) is 0 Å². The number of rotatable bonds is 33. The van der Waals surface area contributed by atoms with Gasteiger partial charge in [-0.3, -0.25) is 14.4 Å². The van der Waals surface area contributed by atoms with Gasteiger partial charge in [0.1, 0.15) is 6.10 Å². The van der Waals surface area contributed by atoms with E-state index in [0.717, 1.165) is 96.3 Å². The number of ether oxygens (including phenoxy) is 2. The number of hydrogen-bond acceptors (Lipinski definition) is 5. The highest BCUT2D eigenvalue weighted by Gasteiger charge is 2.13. The summed E-state index contributed by atoms with van der Waals surface area (Å²) in [6.07, 6.45) is 42.1. The van der Waals surface area contributed by atoms with Crippen molar-refractivity contribution < 1.29 is 29.0 Å². The number of allylic oxidation sites excluding steroid dienone is 7. The minimum absolute atomic E-state index is 0.00623. The van der Waals surface area contributed by atoms with Crippen LogP contribution in [0.1, 0.15) is 174 Å². The molecule has 6 nitrogen and oxygen atoms in total. The van der Waals surface area contributed by atoms with Gasteiger partial charge in [0, 0.05) is 12.8 Å². The normalized spacial score (nSPS) is 12.6. The highest BCUT2D eigenvalue weighted by atomic mass is 16.5. The van der Waals surface area contributed by atoms with Crippen LogP contribution in [0, 0.1) is 0 Å². The Labute approximate surface area is 282 Å². The van der Waals surface area contributed by atoms with E-state index in [1.165, 1.54) is 44.9 Å². The second-order valence-electron chi connectivity index (χ2n) is 12.3. The van der Waals surface area contributed by atoms with Gasteiger partial charge in [0.05, 0.1) is 19.4 Å². The van der Waals surface area contributed by atoms with Crippen molar-refractivity contribution >= 4 is 17.9 Å². The third-order valence-electron chi connectivity index (χ3n) is 7.85. The fourth-order valence-corrected chi connectivity index (χ4v) is 5.06. The molecule has 0 radical (unpaired) electrons. The number of unbranched alkanes of at least 4 members (excludes halogenated alkanes) is 14. The Kier molecular flexibility index (Phi) is 33.2. The number of carbonyl (C=O) groups excluding carboxylic acids is 2. The zero-order valence-electron chi connectivity index (χ0n) is 29.6. The molecule has 0 rings (SSSR count). The van der Waals surface area contributed by atoms with E-state index in [1.54, 1.807) is 0 Å². The molecule has 1 atom stereocenters. The summed E-state index contributed by atoms with van der Waals surface area (Å²) in [5.74, 6) is -1.44. The van der Waals surface area contributed by atoms with Crippen molar-refractivity contribution in [2.45, 2.75) is 180 Å². The number of esters is 2. The Morgan fingerprint density at radius 2 is 1.13 bits per heavy atom. The van der Waals surface area contributed by atoms with Crippen LogP contribution in [0.2, 0.25) is 0 Å². The summed E-state index contributed by atoms with van der Waals surface area (Å²) in [7, 11) is 0. The first-order valence-electron chi connectivity index (χ1n) is 18.7. The topological polar surface area (TPSA) is 89.9 Å². The maximum Gasteiger partial charge on any atom is 0.306 e. The zero-order valence-corrected chi connectivity index (χ0v) is 29.6. The Morgan fingerprint density at radius 1 is 0.565 bits per heavy atom. The van der Waals surface area contributed by atoms with E-state index in [9.17, 15) is 14.4 Å². The summed E-state index contributed by atoms with van der Waals surface area (Å²) >= 11 is 0. The molecule has 6 heteroatoms. The van der Waals surface area contributed by atoms with Gasteiger partial charge >= 0.3 is 17.9 Å². The Bertz CT molecular complexity index is 841. The van der Waals surface area contributed by atoms with Crippen molar-refractivity contribution in [3.05, 3.63) is 48.6 Å². The van der Waals surface area contributed by atoms with E-state index < -0.39 is 11.9 Å². The molecule has 0 aliphatic carbocycles. The lowest BCUT2D eigenvalue weighted by Crippen LogP contribution is -2.17. The summed E-state index contributed by atoms with van der Waals surface area (Å²) in [6, 6.07) is 0. The van der Waals surface area contributed by atoms with Gasteiger partial charge in [-0.15, -0.1) is 0 Å². The lowest BCUT2D eigenvalue weighted by Gasteiger charge is -2.16. The second kappa shape index (κ2) is 35.2. The minimum atomic E-state index is -0.977. The van der Waals surface area contributed by atoms with E-state index in [4.69, 9.17) is 14.6 Å². The van der Waals surface area contributed by atoms with Crippen LogP contribution in [0.25, 0.3) is 0 Å². The van der Waals surface area contributed by atoms with Crippen LogP contribution in [0.15, 0.2) is 48.6 Å². The van der Waals surface area contributed by atoms with Crippen molar-refractivity contribution in [3.8, 4) is 0 Å². The molecule has 0 aliphatic heterocycles. The Morgan fingerprint density at radius 3 is 1.78 bits per heavy atom. The molecule has 0 spiro atoms. The van der Waals surface area contributed by atoms with E-state index in [1.807, 2.05) is 0 Å². The van der Waals surface area contributed by atoms with Gasteiger partial charge in [-0.2, -0.15) is 0 Å². The first-order valence-corrected chi connectivity index (χ1v) is 18.7. The quantitative estimate of drug-likeness (QED) is 0.0434. The molecule has 264 valence electrons. The summed E-state index contributed by atoms with van der Waals surface area (Å²) in [6.45, 7) is 4.75. The maximum atomic E-state index is 12.6. The van der Waals surface area contributed by atoms with Gasteiger partial charge in [0.2, 0.25) is 0 Å². The molecule has 0 saturated carbocycles. The molecule has 0 aromatic rings. The predicted molar refractivity (Wildman–Crippen MR) is 192 cm³/mol. The Hall–Kier alpha value is -2.63. The lowest BCUT2D eigenvalue weighted by molar-refractivity contribution is -0.149. The van der Waals surface area contributed by atoms with Crippen molar-refractivity contribution in [1.29, 1.82) is 0 Å². The van der Waals surface area contributed by atoms with Crippen LogP contribution < -0.4 is 0 Å². The molecule has 46 heavy (non-hydrogen) atoms. The molecule has 0 aromatic carbocycles. The number of carboxylic acid groups (broad SMARTS) is 1. The van der Waals surface area contributed by atoms with Crippen LogP contribution in [-0.4, -0.2) is 35.7 Å². The van der Waals surface area contributed by atoms with Gasteiger partial charge < -0.3 is 14.6 Å². The van der Waals surface area contributed by atoms with Crippen LogP contribution in [0.4, 0.5) is 0 Å². The number of hydrogen-bond donors (Lipinski definition) is 1. The highest BCUT2D eigenvalue weighted by Crippen LogP contribution is 2.16. The van der Waals surface area contributed by atoms with Crippen molar-refractivity contribution in [2.75, 3.05) is 6.61 Å². The van der Waals surface area contributed by atoms with Gasteiger partial charge in [0.25, 0.3) is 0 Å². The summed E-state index contributed by atoms with van der Waals surface area (Å²) in [4.78, 5) is 34.4.